The van der Waals surface area contributed by atoms with Gasteiger partial charge in [-0.05, 0) is 31.0 Å². The molecule has 0 atom stereocenters. The Labute approximate surface area is 154 Å². The number of carbonyl (C=O) groups excluding carboxylic acids is 1. The predicted molar refractivity (Wildman–Crippen MR) is 102 cm³/mol. The first kappa shape index (κ1) is 16.1. The van der Waals surface area contributed by atoms with Gasteiger partial charge >= 0.3 is 6.03 Å². The lowest BCUT2D eigenvalue weighted by atomic mass is 10.2. The highest BCUT2D eigenvalue weighted by atomic mass is 79.9. The van der Waals surface area contributed by atoms with Crippen LogP contribution in [0.4, 0.5) is 9.93 Å². The molecule has 7 heteroatoms. The third-order valence-electron chi connectivity index (χ3n) is 4.86. The summed E-state index contributed by atoms with van der Waals surface area (Å²) in [6, 6.07) is 6.68. The van der Waals surface area contributed by atoms with Crippen molar-refractivity contribution in [2.75, 3.05) is 31.1 Å². The van der Waals surface area contributed by atoms with Crippen LogP contribution < -0.4 is 10.2 Å². The van der Waals surface area contributed by atoms with Crippen LogP contribution in [0.2, 0.25) is 0 Å². The lowest BCUT2D eigenvalue weighted by molar-refractivity contribution is 0.190. The van der Waals surface area contributed by atoms with Gasteiger partial charge in [0.25, 0.3) is 0 Å². The number of hydrogen-bond acceptors (Lipinski definition) is 4. The largest absolute Gasteiger partial charge is 0.345 e. The molecule has 2 heterocycles. The second-order valence-corrected chi connectivity index (χ2v) is 8.44. The number of hydrogen-bond donors (Lipinski definition) is 1. The number of urea groups is 1. The van der Waals surface area contributed by atoms with Gasteiger partial charge in [0.2, 0.25) is 0 Å². The Kier molecular flexibility index (Phi) is 4.63. The zero-order valence-electron chi connectivity index (χ0n) is 13.5. The molecule has 1 aromatic heterocycles. The summed E-state index contributed by atoms with van der Waals surface area (Å²) in [5, 5.41) is 4.24. The molecular weight excluding hydrogens is 388 g/mol. The van der Waals surface area contributed by atoms with Crippen molar-refractivity contribution in [3.63, 3.8) is 0 Å². The van der Waals surface area contributed by atoms with Crippen molar-refractivity contribution >= 4 is 48.6 Å². The second-order valence-electron chi connectivity index (χ2n) is 6.51. The molecule has 1 aromatic carbocycles. The normalized spacial score (nSPS) is 19.2. The van der Waals surface area contributed by atoms with Gasteiger partial charge in [-0.25, -0.2) is 9.78 Å². The highest BCUT2D eigenvalue weighted by Crippen LogP contribution is 2.31. The Hall–Kier alpha value is -1.34. The number of amides is 2. The number of anilines is 1. The zero-order valence-corrected chi connectivity index (χ0v) is 15.9. The summed E-state index contributed by atoms with van der Waals surface area (Å²) < 4.78 is 2.28. The van der Waals surface area contributed by atoms with E-state index in [2.05, 4.69) is 32.2 Å². The topological polar surface area (TPSA) is 48.5 Å². The van der Waals surface area contributed by atoms with E-state index in [0.29, 0.717) is 6.04 Å². The highest BCUT2D eigenvalue weighted by molar-refractivity contribution is 9.10. The molecule has 1 saturated carbocycles. The molecule has 2 aliphatic rings. The first-order chi connectivity index (χ1) is 11.7. The Morgan fingerprint density at radius 1 is 1.21 bits per heavy atom. The van der Waals surface area contributed by atoms with Crippen molar-refractivity contribution in [1.82, 2.24) is 15.2 Å². The van der Waals surface area contributed by atoms with Gasteiger partial charge in [0.15, 0.2) is 5.13 Å². The molecule has 0 unspecified atom stereocenters. The van der Waals surface area contributed by atoms with E-state index in [-0.39, 0.29) is 6.03 Å². The molecule has 1 saturated heterocycles. The average Bonchev–Trinajstić information content (AvgIpc) is 3.24. The van der Waals surface area contributed by atoms with E-state index in [1.54, 1.807) is 11.3 Å². The van der Waals surface area contributed by atoms with Crippen LogP contribution in [0.5, 0.6) is 0 Å². The van der Waals surface area contributed by atoms with Crippen molar-refractivity contribution in [2.24, 2.45) is 0 Å². The number of halogens is 1. The predicted octanol–water partition coefficient (Wildman–Crippen LogP) is 3.83. The standard InChI is InChI=1S/C17H21BrN4OS/c18-12-5-6-14-15(11-12)24-17(20-14)22-9-7-21(8-10-22)16(23)19-13-3-1-2-4-13/h5-6,11,13H,1-4,7-10H2,(H,19,23). The molecule has 24 heavy (non-hydrogen) atoms. The summed E-state index contributed by atoms with van der Waals surface area (Å²) in [5.74, 6) is 0. The number of piperazine rings is 1. The fraction of sp³-hybridized carbons (Fsp3) is 0.529. The lowest BCUT2D eigenvalue weighted by Gasteiger charge is -2.35. The molecule has 1 aliphatic heterocycles. The van der Waals surface area contributed by atoms with Crippen LogP contribution in [0.15, 0.2) is 22.7 Å². The molecule has 1 aliphatic carbocycles. The Bertz CT molecular complexity index is 735. The van der Waals surface area contributed by atoms with Crippen LogP contribution in [-0.2, 0) is 0 Å². The minimum absolute atomic E-state index is 0.106. The molecule has 0 radical (unpaired) electrons. The van der Waals surface area contributed by atoms with Gasteiger partial charge < -0.3 is 15.1 Å². The van der Waals surface area contributed by atoms with Gasteiger partial charge in [-0.2, -0.15) is 0 Å². The van der Waals surface area contributed by atoms with Gasteiger partial charge in [-0.15, -0.1) is 0 Å². The maximum Gasteiger partial charge on any atom is 0.317 e. The zero-order chi connectivity index (χ0) is 16.5. The van der Waals surface area contributed by atoms with Crippen molar-refractivity contribution in [3.05, 3.63) is 22.7 Å². The van der Waals surface area contributed by atoms with E-state index in [1.165, 1.54) is 17.5 Å². The molecular formula is C17H21BrN4OS. The monoisotopic (exact) mass is 408 g/mol. The minimum atomic E-state index is 0.106. The molecule has 2 aromatic rings. The number of fused-ring (bicyclic) bond motifs is 1. The first-order valence-electron chi connectivity index (χ1n) is 8.55. The van der Waals surface area contributed by atoms with Crippen LogP contribution >= 0.6 is 27.3 Å². The molecule has 128 valence electrons. The number of nitrogens with one attached hydrogen (secondary N) is 1. The molecule has 1 N–H and O–H groups in total. The van der Waals surface area contributed by atoms with Gasteiger partial charge in [0, 0.05) is 36.7 Å². The van der Waals surface area contributed by atoms with Gasteiger partial charge in [-0.1, -0.05) is 40.1 Å². The van der Waals surface area contributed by atoms with Gasteiger partial charge in [0.05, 0.1) is 10.2 Å². The van der Waals surface area contributed by atoms with E-state index in [9.17, 15) is 4.79 Å². The Balaban J connectivity index is 1.37. The number of aromatic nitrogens is 1. The summed E-state index contributed by atoms with van der Waals surface area (Å²) in [5.41, 5.74) is 1.04. The highest BCUT2D eigenvalue weighted by Gasteiger charge is 2.25. The maximum absolute atomic E-state index is 12.4. The summed E-state index contributed by atoms with van der Waals surface area (Å²) in [6.07, 6.45) is 4.75. The van der Waals surface area contributed by atoms with Gasteiger partial charge in [-0.3, -0.25) is 0 Å². The van der Waals surface area contributed by atoms with Crippen molar-refractivity contribution in [3.8, 4) is 0 Å². The van der Waals surface area contributed by atoms with E-state index < -0.39 is 0 Å². The van der Waals surface area contributed by atoms with Crippen LogP contribution in [0.1, 0.15) is 25.7 Å². The van der Waals surface area contributed by atoms with Crippen molar-refractivity contribution in [1.29, 1.82) is 0 Å². The SMILES string of the molecule is O=C(NC1CCCC1)N1CCN(c2nc3ccc(Br)cc3s2)CC1. The molecule has 5 nitrogen and oxygen atoms in total. The van der Waals surface area contributed by atoms with E-state index in [1.807, 2.05) is 17.0 Å². The molecule has 0 spiro atoms. The fourth-order valence-electron chi connectivity index (χ4n) is 3.46. The third-order valence-corrected chi connectivity index (χ3v) is 6.43. The molecule has 0 bridgehead atoms. The van der Waals surface area contributed by atoms with Crippen molar-refractivity contribution < 1.29 is 4.79 Å². The number of carbonyl (C=O) groups is 1. The minimum Gasteiger partial charge on any atom is -0.345 e. The molecule has 2 amide bonds. The summed E-state index contributed by atoms with van der Waals surface area (Å²) in [4.78, 5) is 21.3. The van der Waals surface area contributed by atoms with E-state index in [4.69, 9.17) is 4.98 Å². The Morgan fingerprint density at radius 3 is 2.71 bits per heavy atom. The maximum atomic E-state index is 12.4. The van der Waals surface area contributed by atoms with E-state index in [0.717, 1.165) is 54.1 Å². The molecule has 4 rings (SSSR count). The van der Waals surface area contributed by atoms with E-state index >= 15 is 0 Å². The number of benzene rings is 1. The smallest absolute Gasteiger partial charge is 0.317 e. The lowest BCUT2D eigenvalue weighted by Crippen LogP contribution is -2.53. The van der Waals surface area contributed by atoms with Crippen LogP contribution in [0.25, 0.3) is 10.2 Å². The van der Waals surface area contributed by atoms with Gasteiger partial charge in [0.1, 0.15) is 0 Å². The summed E-state index contributed by atoms with van der Waals surface area (Å²) in [6.45, 7) is 3.22. The third kappa shape index (κ3) is 3.37. The second kappa shape index (κ2) is 6.88. The van der Waals surface area contributed by atoms with Crippen LogP contribution in [-0.4, -0.2) is 48.1 Å². The number of thiazole rings is 1. The Morgan fingerprint density at radius 2 is 1.96 bits per heavy atom. The summed E-state index contributed by atoms with van der Waals surface area (Å²) in [7, 11) is 0. The quantitative estimate of drug-likeness (QED) is 0.820. The summed E-state index contributed by atoms with van der Waals surface area (Å²) >= 11 is 5.23. The van der Waals surface area contributed by atoms with Crippen molar-refractivity contribution in [2.45, 2.75) is 31.7 Å². The van der Waals surface area contributed by atoms with Crippen LogP contribution in [0, 0.1) is 0 Å². The number of rotatable bonds is 2. The first-order valence-corrected chi connectivity index (χ1v) is 10.2. The average molecular weight is 409 g/mol. The number of nitrogens with zero attached hydrogens (tertiary/aromatic N) is 3. The van der Waals surface area contributed by atoms with Crippen LogP contribution in [0.3, 0.4) is 0 Å². The molecule has 2 fully saturated rings. The fourth-order valence-corrected chi connectivity index (χ4v) is 5.03.